The van der Waals surface area contributed by atoms with Crippen molar-refractivity contribution < 1.29 is 13.2 Å². The van der Waals surface area contributed by atoms with Gasteiger partial charge in [-0.2, -0.15) is 0 Å². The Balaban J connectivity index is 2.50. The van der Waals surface area contributed by atoms with Crippen LogP contribution in [0.5, 0.6) is 0 Å². The van der Waals surface area contributed by atoms with Crippen molar-refractivity contribution in [3.63, 3.8) is 0 Å². The van der Waals surface area contributed by atoms with Gasteiger partial charge in [-0.3, -0.25) is 0 Å². The summed E-state index contributed by atoms with van der Waals surface area (Å²) in [5.41, 5.74) is 0.936. The zero-order valence-corrected chi connectivity index (χ0v) is 17.0. The lowest BCUT2D eigenvalue weighted by Crippen LogP contribution is -2.39. The van der Waals surface area contributed by atoms with E-state index in [0.717, 1.165) is 25.1 Å². The molecule has 0 spiro atoms. The fourth-order valence-corrected chi connectivity index (χ4v) is 2.80. The monoisotopic (exact) mass is 384 g/mol. The summed E-state index contributed by atoms with van der Waals surface area (Å²) < 4.78 is 31.3. The van der Waals surface area contributed by atoms with Gasteiger partial charge in [0, 0.05) is 19.7 Å². The van der Waals surface area contributed by atoms with E-state index in [1.54, 1.807) is 24.3 Å². The number of benzene rings is 1. The average Bonchev–Trinajstić information content (AvgIpc) is 2.62. The first-order chi connectivity index (χ1) is 12.4. The van der Waals surface area contributed by atoms with Gasteiger partial charge in [0.15, 0.2) is 5.96 Å². The Morgan fingerprint density at radius 2 is 1.85 bits per heavy atom. The molecule has 1 aromatic rings. The molecule has 0 bridgehead atoms. The molecule has 0 aliphatic heterocycles. The number of rotatable bonds is 11. The van der Waals surface area contributed by atoms with Gasteiger partial charge < -0.3 is 15.4 Å². The smallest absolute Gasteiger partial charge is 0.240 e. The molecule has 8 heteroatoms. The standard InChI is InChI=1S/C18H32N4O3S/c1-5-20-18(21-11-13-25-12-10-15(2)3)22-14-16-6-8-17(9-7-16)26(23,24)19-4/h6-9,15,19H,5,10-14H2,1-4H3,(H2,20,21,22). The molecule has 0 heterocycles. The predicted molar refractivity (Wildman–Crippen MR) is 106 cm³/mol. The maximum absolute atomic E-state index is 11.7. The van der Waals surface area contributed by atoms with Crippen LogP contribution in [-0.2, 0) is 21.3 Å². The highest BCUT2D eigenvalue weighted by molar-refractivity contribution is 7.89. The Morgan fingerprint density at radius 1 is 1.15 bits per heavy atom. The molecule has 26 heavy (non-hydrogen) atoms. The van der Waals surface area contributed by atoms with Crippen LogP contribution in [0.1, 0.15) is 32.8 Å². The zero-order chi connectivity index (χ0) is 19.4. The third kappa shape index (κ3) is 8.64. The molecule has 0 radical (unpaired) electrons. The van der Waals surface area contributed by atoms with Crippen LogP contribution in [0.3, 0.4) is 0 Å². The molecule has 148 valence electrons. The number of ether oxygens (including phenoxy) is 1. The summed E-state index contributed by atoms with van der Waals surface area (Å²) in [6.45, 7) is 9.68. The first-order valence-corrected chi connectivity index (χ1v) is 10.5. The lowest BCUT2D eigenvalue weighted by molar-refractivity contribution is 0.128. The quantitative estimate of drug-likeness (QED) is 0.307. The Morgan fingerprint density at radius 3 is 2.42 bits per heavy atom. The number of nitrogens with one attached hydrogen (secondary N) is 3. The van der Waals surface area contributed by atoms with Gasteiger partial charge in [0.1, 0.15) is 0 Å². The summed E-state index contributed by atoms with van der Waals surface area (Å²) in [5, 5.41) is 6.42. The third-order valence-corrected chi connectivity index (χ3v) is 5.07. The summed E-state index contributed by atoms with van der Waals surface area (Å²) in [7, 11) is -2.01. The second-order valence-electron chi connectivity index (χ2n) is 6.27. The van der Waals surface area contributed by atoms with Gasteiger partial charge in [0.25, 0.3) is 0 Å². The zero-order valence-electron chi connectivity index (χ0n) is 16.2. The predicted octanol–water partition coefficient (Wildman–Crippen LogP) is 1.71. The Kier molecular flexibility index (Phi) is 10.2. The van der Waals surface area contributed by atoms with Gasteiger partial charge in [-0.15, -0.1) is 0 Å². The molecule has 1 rings (SSSR count). The highest BCUT2D eigenvalue weighted by atomic mass is 32.2. The minimum Gasteiger partial charge on any atom is -0.380 e. The van der Waals surface area contributed by atoms with E-state index < -0.39 is 10.0 Å². The molecular formula is C18H32N4O3S. The van der Waals surface area contributed by atoms with Crippen LogP contribution in [0, 0.1) is 5.92 Å². The van der Waals surface area contributed by atoms with Gasteiger partial charge in [-0.05, 0) is 44.0 Å². The fraction of sp³-hybridized carbons (Fsp3) is 0.611. The van der Waals surface area contributed by atoms with Crippen LogP contribution >= 0.6 is 0 Å². The van der Waals surface area contributed by atoms with Gasteiger partial charge in [0.05, 0.1) is 18.0 Å². The van der Waals surface area contributed by atoms with Crippen LogP contribution in [-0.4, -0.2) is 47.7 Å². The van der Waals surface area contributed by atoms with E-state index in [2.05, 4.69) is 34.2 Å². The molecule has 3 N–H and O–H groups in total. The van der Waals surface area contributed by atoms with Crippen LogP contribution in [0.2, 0.25) is 0 Å². The second-order valence-corrected chi connectivity index (χ2v) is 8.15. The van der Waals surface area contributed by atoms with Gasteiger partial charge >= 0.3 is 0 Å². The molecule has 0 aromatic heterocycles. The Labute approximate surface area is 157 Å². The average molecular weight is 385 g/mol. The molecular weight excluding hydrogens is 352 g/mol. The summed E-state index contributed by atoms with van der Waals surface area (Å²) >= 11 is 0. The number of aliphatic imine (C=N–C) groups is 1. The molecule has 0 amide bonds. The van der Waals surface area contributed by atoms with E-state index in [1.165, 1.54) is 7.05 Å². The molecule has 0 atom stereocenters. The molecule has 0 aliphatic carbocycles. The molecule has 0 saturated carbocycles. The van der Waals surface area contributed by atoms with Crippen molar-refractivity contribution in [2.24, 2.45) is 10.9 Å². The van der Waals surface area contributed by atoms with E-state index in [9.17, 15) is 8.42 Å². The van der Waals surface area contributed by atoms with E-state index in [1.807, 2.05) is 6.92 Å². The number of hydrogen-bond acceptors (Lipinski definition) is 4. The SMILES string of the molecule is CCNC(=NCc1ccc(S(=O)(=O)NC)cc1)NCCOCCC(C)C. The minimum absolute atomic E-state index is 0.247. The van der Waals surface area contributed by atoms with E-state index in [-0.39, 0.29) is 4.90 Å². The number of nitrogens with zero attached hydrogens (tertiary/aromatic N) is 1. The lowest BCUT2D eigenvalue weighted by atomic mass is 10.1. The second kappa shape index (κ2) is 11.9. The maximum atomic E-state index is 11.7. The summed E-state index contributed by atoms with van der Waals surface area (Å²) in [4.78, 5) is 4.76. The summed E-state index contributed by atoms with van der Waals surface area (Å²) in [6, 6.07) is 6.71. The Hall–Kier alpha value is -1.64. The van der Waals surface area contributed by atoms with Gasteiger partial charge in [-0.1, -0.05) is 26.0 Å². The first kappa shape index (κ1) is 22.4. The minimum atomic E-state index is -3.40. The maximum Gasteiger partial charge on any atom is 0.240 e. The largest absolute Gasteiger partial charge is 0.380 e. The van der Waals surface area contributed by atoms with Crippen molar-refractivity contribution in [2.75, 3.05) is 33.4 Å². The normalized spacial score (nSPS) is 12.4. The van der Waals surface area contributed by atoms with Crippen molar-refractivity contribution >= 4 is 16.0 Å². The van der Waals surface area contributed by atoms with Crippen molar-refractivity contribution in [1.82, 2.24) is 15.4 Å². The number of hydrogen-bond donors (Lipinski definition) is 3. The number of sulfonamides is 1. The van der Waals surface area contributed by atoms with Crippen molar-refractivity contribution in [2.45, 2.75) is 38.6 Å². The van der Waals surface area contributed by atoms with E-state index in [0.29, 0.717) is 31.6 Å². The van der Waals surface area contributed by atoms with Crippen LogP contribution in [0.25, 0.3) is 0 Å². The number of guanidine groups is 1. The van der Waals surface area contributed by atoms with Crippen molar-refractivity contribution in [3.8, 4) is 0 Å². The molecule has 0 fully saturated rings. The fourth-order valence-electron chi connectivity index (χ4n) is 2.07. The van der Waals surface area contributed by atoms with E-state index >= 15 is 0 Å². The highest BCUT2D eigenvalue weighted by Gasteiger charge is 2.10. The molecule has 1 aromatic carbocycles. The topological polar surface area (TPSA) is 91.8 Å². The van der Waals surface area contributed by atoms with Gasteiger partial charge in [-0.25, -0.2) is 18.1 Å². The van der Waals surface area contributed by atoms with Crippen LogP contribution in [0.15, 0.2) is 34.2 Å². The summed E-state index contributed by atoms with van der Waals surface area (Å²) in [5.74, 6) is 1.36. The van der Waals surface area contributed by atoms with Crippen molar-refractivity contribution in [3.05, 3.63) is 29.8 Å². The lowest BCUT2D eigenvalue weighted by Gasteiger charge is -2.12. The Bertz CT molecular complexity index is 643. The van der Waals surface area contributed by atoms with E-state index in [4.69, 9.17) is 4.74 Å². The molecule has 7 nitrogen and oxygen atoms in total. The van der Waals surface area contributed by atoms with Crippen LogP contribution < -0.4 is 15.4 Å². The highest BCUT2D eigenvalue weighted by Crippen LogP contribution is 2.10. The third-order valence-electron chi connectivity index (χ3n) is 3.64. The summed E-state index contributed by atoms with van der Waals surface area (Å²) in [6.07, 6.45) is 1.06. The van der Waals surface area contributed by atoms with Crippen LogP contribution in [0.4, 0.5) is 0 Å². The molecule has 0 aliphatic rings. The van der Waals surface area contributed by atoms with Crippen molar-refractivity contribution in [1.29, 1.82) is 0 Å². The molecule has 0 saturated heterocycles. The molecule has 0 unspecified atom stereocenters. The van der Waals surface area contributed by atoms with Gasteiger partial charge in [0.2, 0.25) is 10.0 Å². The first-order valence-electron chi connectivity index (χ1n) is 9.01.